The van der Waals surface area contributed by atoms with Gasteiger partial charge in [0, 0.05) is 10.9 Å². The van der Waals surface area contributed by atoms with Crippen LogP contribution in [0.15, 0.2) is 46.9 Å². The lowest BCUT2D eigenvalue weighted by molar-refractivity contribution is 0.215. The average Bonchev–Trinajstić information content (AvgIpc) is 2.53. The second kappa shape index (κ2) is 8.29. The molecule has 0 aliphatic rings. The molecule has 0 aliphatic heterocycles. The molecule has 0 radical (unpaired) electrons. The minimum Gasteiger partial charge on any atom is -0.497 e. The van der Waals surface area contributed by atoms with Crippen LogP contribution in [0.5, 0.6) is 17.2 Å². The van der Waals surface area contributed by atoms with Crippen molar-refractivity contribution in [2.75, 3.05) is 20.3 Å². The van der Waals surface area contributed by atoms with Gasteiger partial charge in [-0.25, -0.2) is 0 Å². The topological polar surface area (TPSA) is 27.7 Å². The van der Waals surface area contributed by atoms with Crippen LogP contribution in [-0.2, 0) is 5.33 Å². The zero-order valence-corrected chi connectivity index (χ0v) is 14.8. The van der Waals surface area contributed by atoms with Gasteiger partial charge in [0.1, 0.15) is 30.5 Å². The maximum absolute atomic E-state index is 5.80. The maximum atomic E-state index is 5.80. The monoisotopic (exact) mass is 414 g/mol. The first-order valence-electron chi connectivity index (χ1n) is 6.47. The third-order valence-corrected chi connectivity index (χ3v) is 4.08. The van der Waals surface area contributed by atoms with Crippen molar-refractivity contribution in [1.29, 1.82) is 0 Å². The van der Waals surface area contributed by atoms with Crippen molar-refractivity contribution in [2.24, 2.45) is 0 Å². The van der Waals surface area contributed by atoms with Crippen LogP contribution in [0.2, 0.25) is 0 Å². The van der Waals surface area contributed by atoms with Gasteiger partial charge in [-0.15, -0.1) is 0 Å². The Bertz CT molecular complexity index is 570. The van der Waals surface area contributed by atoms with Crippen LogP contribution >= 0.6 is 31.9 Å². The Morgan fingerprint density at radius 1 is 0.905 bits per heavy atom. The summed E-state index contributed by atoms with van der Waals surface area (Å²) in [5.74, 6) is 2.47. The summed E-state index contributed by atoms with van der Waals surface area (Å²) in [6, 6.07) is 13.5. The number of para-hydroxylation sites is 1. The second-order valence-corrected chi connectivity index (χ2v) is 5.65. The standard InChI is InChI=1S/C16H16Br2O3/c1-19-13-5-7-14(8-6-13)20-9-10-21-16-12(11-17)3-2-4-15(16)18/h2-8H,9-11H2,1H3. The van der Waals surface area contributed by atoms with Crippen molar-refractivity contribution in [3.05, 3.63) is 52.5 Å². The zero-order valence-electron chi connectivity index (χ0n) is 11.6. The van der Waals surface area contributed by atoms with Gasteiger partial charge in [-0.1, -0.05) is 28.1 Å². The molecule has 0 saturated heterocycles. The van der Waals surface area contributed by atoms with Crippen LogP contribution in [0.1, 0.15) is 5.56 Å². The van der Waals surface area contributed by atoms with Gasteiger partial charge < -0.3 is 14.2 Å². The second-order valence-electron chi connectivity index (χ2n) is 4.23. The molecule has 3 nitrogen and oxygen atoms in total. The van der Waals surface area contributed by atoms with Gasteiger partial charge in [0.05, 0.1) is 11.6 Å². The average molecular weight is 416 g/mol. The first-order chi connectivity index (χ1) is 10.2. The molecule has 0 aromatic heterocycles. The highest BCUT2D eigenvalue weighted by molar-refractivity contribution is 9.10. The van der Waals surface area contributed by atoms with Gasteiger partial charge in [0.25, 0.3) is 0 Å². The Kier molecular flexibility index (Phi) is 6.39. The molecule has 2 aromatic carbocycles. The van der Waals surface area contributed by atoms with Crippen LogP contribution < -0.4 is 14.2 Å². The molecular formula is C16H16Br2O3. The molecule has 0 heterocycles. The van der Waals surface area contributed by atoms with E-state index in [1.54, 1.807) is 7.11 Å². The summed E-state index contributed by atoms with van der Waals surface area (Å²) in [5, 5.41) is 0.751. The van der Waals surface area contributed by atoms with E-state index in [2.05, 4.69) is 31.9 Å². The predicted molar refractivity (Wildman–Crippen MR) is 90.8 cm³/mol. The minimum absolute atomic E-state index is 0.481. The Labute approximate surface area is 141 Å². The van der Waals surface area contributed by atoms with Crippen LogP contribution in [0.25, 0.3) is 0 Å². The summed E-state index contributed by atoms with van der Waals surface area (Å²) in [5.41, 5.74) is 1.11. The zero-order chi connectivity index (χ0) is 15.1. The predicted octanol–water partition coefficient (Wildman–Crippen LogP) is 4.81. The highest BCUT2D eigenvalue weighted by atomic mass is 79.9. The highest BCUT2D eigenvalue weighted by Gasteiger charge is 2.07. The third-order valence-electron chi connectivity index (χ3n) is 2.85. The number of alkyl halides is 1. The van der Waals surface area contributed by atoms with Gasteiger partial charge in [-0.05, 0) is 46.3 Å². The van der Waals surface area contributed by atoms with Crippen LogP contribution in [-0.4, -0.2) is 20.3 Å². The van der Waals surface area contributed by atoms with E-state index in [0.717, 1.165) is 32.6 Å². The summed E-state index contributed by atoms with van der Waals surface area (Å²) >= 11 is 6.96. The molecule has 5 heteroatoms. The maximum Gasteiger partial charge on any atom is 0.137 e. The molecule has 21 heavy (non-hydrogen) atoms. The molecule has 0 fully saturated rings. The molecule has 0 unspecified atom stereocenters. The Balaban J connectivity index is 1.84. The van der Waals surface area contributed by atoms with Crippen LogP contribution in [0.4, 0.5) is 0 Å². The van der Waals surface area contributed by atoms with E-state index in [-0.39, 0.29) is 0 Å². The fraction of sp³-hybridized carbons (Fsp3) is 0.250. The Morgan fingerprint density at radius 2 is 1.57 bits per heavy atom. The highest BCUT2D eigenvalue weighted by Crippen LogP contribution is 2.30. The fourth-order valence-electron chi connectivity index (χ4n) is 1.80. The summed E-state index contributed by atoms with van der Waals surface area (Å²) in [6.45, 7) is 0.962. The van der Waals surface area contributed by atoms with E-state index in [4.69, 9.17) is 14.2 Å². The van der Waals surface area contributed by atoms with E-state index in [9.17, 15) is 0 Å². The lowest BCUT2D eigenvalue weighted by Crippen LogP contribution is -2.10. The van der Waals surface area contributed by atoms with E-state index in [1.165, 1.54) is 0 Å². The number of hydrogen-bond donors (Lipinski definition) is 0. The molecule has 0 saturated carbocycles. The number of methoxy groups -OCH3 is 1. The fourth-order valence-corrected chi connectivity index (χ4v) is 2.76. The summed E-state index contributed by atoms with van der Waals surface area (Å²) in [6.07, 6.45) is 0. The molecule has 2 aromatic rings. The lowest BCUT2D eigenvalue weighted by atomic mass is 10.2. The molecule has 0 N–H and O–H groups in total. The number of ether oxygens (including phenoxy) is 3. The molecule has 0 bridgehead atoms. The Hall–Kier alpha value is -1.20. The third kappa shape index (κ3) is 4.64. The summed E-state index contributed by atoms with van der Waals surface area (Å²) < 4.78 is 17.5. The van der Waals surface area contributed by atoms with Crippen molar-refractivity contribution in [1.82, 2.24) is 0 Å². The quantitative estimate of drug-likeness (QED) is 0.479. The van der Waals surface area contributed by atoms with E-state index in [1.807, 2.05) is 42.5 Å². The summed E-state index contributed by atoms with van der Waals surface area (Å²) in [7, 11) is 1.64. The Morgan fingerprint density at radius 3 is 2.24 bits per heavy atom. The van der Waals surface area contributed by atoms with Crippen molar-refractivity contribution in [3.8, 4) is 17.2 Å². The summed E-state index contributed by atoms with van der Waals surface area (Å²) in [4.78, 5) is 0. The van der Waals surface area contributed by atoms with Crippen molar-refractivity contribution >= 4 is 31.9 Å². The minimum atomic E-state index is 0.481. The number of rotatable bonds is 7. The largest absolute Gasteiger partial charge is 0.497 e. The van der Waals surface area contributed by atoms with E-state index < -0.39 is 0 Å². The van der Waals surface area contributed by atoms with Gasteiger partial charge in [-0.3, -0.25) is 0 Å². The van der Waals surface area contributed by atoms with Crippen molar-refractivity contribution in [2.45, 2.75) is 5.33 Å². The van der Waals surface area contributed by atoms with Crippen molar-refractivity contribution in [3.63, 3.8) is 0 Å². The van der Waals surface area contributed by atoms with E-state index >= 15 is 0 Å². The normalized spacial score (nSPS) is 10.2. The molecule has 0 aliphatic carbocycles. The molecular weight excluding hydrogens is 400 g/mol. The van der Waals surface area contributed by atoms with Crippen molar-refractivity contribution < 1.29 is 14.2 Å². The lowest BCUT2D eigenvalue weighted by Gasteiger charge is -2.12. The SMILES string of the molecule is COc1ccc(OCCOc2c(Br)cccc2CBr)cc1. The molecule has 0 atom stereocenters. The van der Waals surface area contributed by atoms with Gasteiger partial charge in [0.2, 0.25) is 0 Å². The molecule has 0 amide bonds. The molecule has 2 rings (SSSR count). The number of halogens is 2. The number of benzene rings is 2. The number of hydrogen-bond acceptors (Lipinski definition) is 3. The van der Waals surface area contributed by atoms with Crippen LogP contribution in [0, 0.1) is 0 Å². The van der Waals surface area contributed by atoms with Gasteiger partial charge >= 0.3 is 0 Å². The first kappa shape index (κ1) is 16.2. The smallest absolute Gasteiger partial charge is 0.137 e. The van der Waals surface area contributed by atoms with Gasteiger partial charge in [-0.2, -0.15) is 0 Å². The van der Waals surface area contributed by atoms with Crippen LogP contribution in [0.3, 0.4) is 0 Å². The first-order valence-corrected chi connectivity index (χ1v) is 8.39. The van der Waals surface area contributed by atoms with Gasteiger partial charge in [0.15, 0.2) is 0 Å². The van der Waals surface area contributed by atoms with E-state index in [0.29, 0.717) is 13.2 Å². The molecule has 112 valence electrons. The molecule has 0 spiro atoms.